The summed E-state index contributed by atoms with van der Waals surface area (Å²) in [5, 5.41) is 4.05. The Balaban J connectivity index is 1.79. The van der Waals surface area contributed by atoms with Crippen LogP contribution in [-0.2, 0) is 11.3 Å². The molecule has 0 spiro atoms. The average Bonchev–Trinajstić information content (AvgIpc) is 2.86. The maximum absolute atomic E-state index is 12.2. The molecule has 1 amide bonds. The Morgan fingerprint density at radius 2 is 1.90 bits per heavy atom. The van der Waals surface area contributed by atoms with Crippen LogP contribution in [0.1, 0.15) is 0 Å². The summed E-state index contributed by atoms with van der Waals surface area (Å²) >= 11 is 6.84. The molecular formula is C16H12Br2N2O. The Bertz CT molecular complexity index is 811. The van der Waals surface area contributed by atoms with E-state index in [0.29, 0.717) is 0 Å². The van der Waals surface area contributed by atoms with Crippen molar-refractivity contribution >= 4 is 54.4 Å². The molecule has 5 heteroatoms. The van der Waals surface area contributed by atoms with Gasteiger partial charge in [0.1, 0.15) is 6.54 Å². The summed E-state index contributed by atoms with van der Waals surface area (Å²) in [6.45, 7) is 0.284. The lowest BCUT2D eigenvalue weighted by atomic mass is 10.2. The van der Waals surface area contributed by atoms with Crippen LogP contribution in [-0.4, -0.2) is 10.5 Å². The maximum atomic E-state index is 12.2. The SMILES string of the molecule is O=C(Cn1ccc2ccccc21)Nc1cc(Br)ccc1Br. The molecule has 2 aromatic carbocycles. The number of amides is 1. The van der Waals surface area contributed by atoms with E-state index >= 15 is 0 Å². The largest absolute Gasteiger partial charge is 0.338 e. The molecular weight excluding hydrogens is 396 g/mol. The minimum atomic E-state index is -0.0600. The van der Waals surface area contributed by atoms with E-state index in [1.165, 1.54) is 0 Å². The number of nitrogens with zero attached hydrogens (tertiary/aromatic N) is 1. The van der Waals surface area contributed by atoms with Crippen molar-refractivity contribution in [3.8, 4) is 0 Å². The quantitative estimate of drug-likeness (QED) is 0.664. The number of carbonyl (C=O) groups is 1. The summed E-state index contributed by atoms with van der Waals surface area (Å²) in [6, 6.07) is 15.7. The highest BCUT2D eigenvalue weighted by atomic mass is 79.9. The third kappa shape index (κ3) is 3.19. The minimum absolute atomic E-state index is 0.0600. The van der Waals surface area contributed by atoms with Crippen LogP contribution in [0.3, 0.4) is 0 Å². The van der Waals surface area contributed by atoms with E-state index in [9.17, 15) is 4.79 Å². The first-order valence-electron chi connectivity index (χ1n) is 6.42. The highest BCUT2D eigenvalue weighted by molar-refractivity contribution is 9.11. The smallest absolute Gasteiger partial charge is 0.244 e. The van der Waals surface area contributed by atoms with Gasteiger partial charge in [0.05, 0.1) is 5.69 Å². The lowest BCUT2D eigenvalue weighted by molar-refractivity contribution is -0.116. The van der Waals surface area contributed by atoms with Gasteiger partial charge in [0, 0.05) is 20.7 Å². The van der Waals surface area contributed by atoms with Crippen molar-refractivity contribution in [1.82, 2.24) is 4.57 Å². The number of nitrogens with one attached hydrogen (secondary N) is 1. The number of benzene rings is 2. The second kappa shape index (κ2) is 6.03. The van der Waals surface area contributed by atoms with Gasteiger partial charge in [0.15, 0.2) is 0 Å². The fourth-order valence-electron chi connectivity index (χ4n) is 2.22. The Morgan fingerprint density at radius 1 is 1.10 bits per heavy atom. The maximum Gasteiger partial charge on any atom is 0.244 e. The molecule has 3 nitrogen and oxygen atoms in total. The Morgan fingerprint density at radius 3 is 2.76 bits per heavy atom. The van der Waals surface area contributed by atoms with Crippen molar-refractivity contribution < 1.29 is 4.79 Å². The van der Waals surface area contributed by atoms with Gasteiger partial charge in [-0.05, 0) is 51.6 Å². The van der Waals surface area contributed by atoms with E-state index in [1.807, 2.05) is 59.3 Å². The number of hydrogen-bond donors (Lipinski definition) is 1. The molecule has 0 atom stereocenters. The van der Waals surface area contributed by atoms with E-state index in [0.717, 1.165) is 25.5 Å². The molecule has 0 aliphatic carbocycles. The van der Waals surface area contributed by atoms with Crippen molar-refractivity contribution in [2.75, 3.05) is 5.32 Å². The standard InChI is InChI=1S/C16H12Br2N2O/c17-12-5-6-13(18)14(9-12)19-16(21)10-20-8-7-11-3-1-2-4-15(11)20/h1-9H,10H2,(H,19,21). The number of rotatable bonds is 3. The number of para-hydroxylation sites is 1. The van der Waals surface area contributed by atoms with Gasteiger partial charge in [-0.1, -0.05) is 34.1 Å². The zero-order valence-electron chi connectivity index (χ0n) is 11.0. The zero-order chi connectivity index (χ0) is 14.8. The molecule has 0 aliphatic heterocycles. The third-order valence-electron chi connectivity index (χ3n) is 3.20. The van der Waals surface area contributed by atoms with Crippen molar-refractivity contribution in [1.29, 1.82) is 0 Å². The van der Waals surface area contributed by atoms with Gasteiger partial charge in [0.25, 0.3) is 0 Å². The lowest BCUT2D eigenvalue weighted by Crippen LogP contribution is -2.18. The van der Waals surface area contributed by atoms with Crippen molar-refractivity contribution in [2.45, 2.75) is 6.54 Å². The van der Waals surface area contributed by atoms with E-state index < -0.39 is 0 Å². The summed E-state index contributed by atoms with van der Waals surface area (Å²) in [6.07, 6.45) is 1.93. The number of hydrogen-bond acceptors (Lipinski definition) is 1. The number of anilines is 1. The summed E-state index contributed by atoms with van der Waals surface area (Å²) in [4.78, 5) is 12.2. The van der Waals surface area contributed by atoms with Gasteiger partial charge in [-0.15, -0.1) is 0 Å². The second-order valence-electron chi connectivity index (χ2n) is 4.67. The minimum Gasteiger partial charge on any atom is -0.338 e. The highest BCUT2D eigenvalue weighted by Gasteiger charge is 2.08. The van der Waals surface area contributed by atoms with Gasteiger partial charge in [-0.3, -0.25) is 4.79 Å². The molecule has 0 unspecified atom stereocenters. The predicted octanol–water partition coefficient (Wildman–Crippen LogP) is 4.81. The van der Waals surface area contributed by atoms with E-state index in [2.05, 4.69) is 37.2 Å². The summed E-state index contributed by atoms with van der Waals surface area (Å²) in [5.41, 5.74) is 1.81. The molecule has 1 heterocycles. The van der Waals surface area contributed by atoms with Crippen molar-refractivity contribution in [2.24, 2.45) is 0 Å². The number of halogens is 2. The molecule has 1 aromatic heterocycles. The Hall–Kier alpha value is -1.59. The first-order chi connectivity index (χ1) is 10.1. The lowest BCUT2D eigenvalue weighted by Gasteiger charge is -2.09. The van der Waals surface area contributed by atoms with Crippen LogP contribution >= 0.6 is 31.9 Å². The summed E-state index contributed by atoms with van der Waals surface area (Å²) < 4.78 is 3.72. The van der Waals surface area contributed by atoms with Crippen LogP contribution in [0.15, 0.2) is 63.7 Å². The fourth-order valence-corrected chi connectivity index (χ4v) is 2.92. The molecule has 0 fully saturated rings. The van der Waals surface area contributed by atoms with Crippen LogP contribution in [0.2, 0.25) is 0 Å². The predicted molar refractivity (Wildman–Crippen MR) is 92.4 cm³/mol. The number of fused-ring (bicyclic) bond motifs is 1. The Kier molecular flexibility index (Phi) is 4.12. The van der Waals surface area contributed by atoms with Gasteiger partial charge >= 0.3 is 0 Å². The fraction of sp³-hybridized carbons (Fsp3) is 0.0625. The molecule has 1 N–H and O–H groups in total. The third-order valence-corrected chi connectivity index (χ3v) is 4.38. The van der Waals surface area contributed by atoms with Gasteiger partial charge in [-0.25, -0.2) is 0 Å². The zero-order valence-corrected chi connectivity index (χ0v) is 14.2. The Labute approximate surface area is 139 Å². The van der Waals surface area contributed by atoms with Crippen LogP contribution < -0.4 is 5.32 Å². The first-order valence-corrected chi connectivity index (χ1v) is 8.01. The van der Waals surface area contributed by atoms with Crippen LogP contribution in [0.4, 0.5) is 5.69 Å². The molecule has 0 radical (unpaired) electrons. The van der Waals surface area contributed by atoms with Gasteiger partial charge in [-0.2, -0.15) is 0 Å². The topological polar surface area (TPSA) is 34.0 Å². The summed E-state index contributed by atoms with van der Waals surface area (Å²) in [5.74, 6) is -0.0600. The van der Waals surface area contributed by atoms with Crippen LogP contribution in [0.5, 0.6) is 0 Å². The normalized spacial score (nSPS) is 10.8. The van der Waals surface area contributed by atoms with E-state index in [4.69, 9.17) is 0 Å². The molecule has 106 valence electrons. The van der Waals surface area contributed by atoms with Crippen LogP contribution in [0.25, 0.3) is 10.9 Å². The molecule has 0 saturated carbocycles. The average molecular weight is 408 g/mol. The number of aromatic nitrogens is 1. The first kappa shape index (κ1) is 14.4. The second-order valence-corrected chi connectivity index (χ2v) is 6.44. The molecule has 0 saturated heterocycles. The molecule has 0 aliphatic rings. The van der Waals surface area contributed by atoms with Crippen molar-refractivity contribution in [3.63, 3.8) is 0 Å². The monoisotopic (exact) mass is 406 g/mol. The highest BCUT2D eigenvalue weighted by Crippen LogP contribution is 2.26. The summed E-state index contributed by atoms with van der Waals surface area (Å²) in [7, 11) is 0. The van der Waals surface area contributed by atoms with Gasteiger partial charge in [0.2, 0.25) is 5.91 Å². The van der Waals surface area contributed by atoms with E-state index in [1.54, 1.807) is 0 Å². The number of carbonyl (C=O) groups excluding carboxylic acids is 1. The molecule has 3 aromatic rings. The van der Waals surface area contributed by atoms with Gasteiger partial charge < -0.3 is 9.88 Å². The molecule has 3 rings (SSSR count). The molecule has 0 bridgehead atoms. The van der Waals surface area contributed by atoms with E-state index in [-0.39, 0.29) is 12.5 Å². The van der Waals surface area contributed by atoms with Crippen LogP contribution in [0, 0.1) is 0 Å². The van der Waals surface area contributed by atoms with Crippen molar-refractivity contribution in [3.05, 3.63) is 63.7 Å². The molecule has 21 heavy (non-hydrogen) atoms.